The quantitative estimate of drug-likeness (QED) is 0.732. The number of hydrogen-bond acceptors (Lipinski definition) is 2. The Kier molecular flexibility index (Phi) is 3.65. The fraction of sp³-hybridized carbons (Fsp3) is 0.538. The molecule has 1 saturated carbocycles. The Morgan fingerprint density at radius 1 is 1.31 bits per heavy atom. The van der Waals surface area contributed by atoms with Gasteiger partial charge in [0, 0.05) is 6.42 Å². The summed E-state index contributed by atoms with van der Waals surface area (Å²) in [6.07, 6.45) is 7.72. The minimum absolute atomic E-state index is 0.0481. The van der Waals surface area contributed by atoms with Gasteiger partial charge in [-0.3, -0.25) is 9.78 Å². The molecule has 0 bridgehead atoms. The van der Waals surface area contributed by atoms with Crippen LogP contribution in [-0.2, 0) is 0 Å². The molecule has 0 aromatic carbocycles. The van der Waals surface area contributed by atoms with Crippen LogP contribution in [0.2, 0.25) is 0 Å². The maximum absolute atomic E-state index is 12.6. The predicted molar refractivity (Wildman–Crippen MR) is 59.7 cm³/mol. The Morgan fingerprint density at radius 3 is 2.69 bits per heavy atom. The van der Waals surface area contributed by atoms with Gasteiger partial charge in [0.05, 0.1) is 6.20 Å². The van der Waals surface area contributed by atoms with Crippen LogP contribution < -0.4 is 0 Å². The van der Waals surface area contributed by atoms with Gasteiger partial charge >= 0.3 is 0 Å². The minimum atomic E-state index is -0.394. The van der Waals surface area contributed by atoms with E-state index in [1.54, 1.807) is 0 Å². The average Bonchev–Trinajstić information content (AvgIpc) is 2.31. The van der Waals surface area contributed by atoms with Gasteiger partial charge in [-0.15, -0.1) is 0 Å². The molecule has 2 nitrogen and oxygen atoms in total. The highest BCUT2D eigenvalue weighted by atomic mass is 19.1. The minimum Gasteiger partial charge on any atom is -0.292 e. The standard InChI is InChI=1S/C13H16FNO/c14-11-6-7-12(15-9-11)13(16)8-10-4-2-1-3-5-10/h6-7,9-10H,1-5,8H2. The molecule has 1 aliphatic rings. The first-order valence-electron chi connectivity index (χ1n) is 5.90. The molecule has 0 unspecified atom stereocenters. The van der Waals surface area contributed by atoms with Crippen LogP contribution >= 0.6 is 0 Å². The first-order chi connectivity index (χ1) is 7.75. The summed E-state index contributed by atoms with van der Waals surface area (Å²) in [5.41, 5.74) is 0.395. The lowest BCUT2D eigenvalue weighted by atomic mass is 9.85. The number of carbonyl (C=O) groups is 1. The van der Waals surface area contributed by atoms with Gasteiger partial charge in [0.2, 0.25) is 0 Å². The summed E-state index contributed by atoms with van der Waals surface area (Å²) in [6, 6.07) is 2.77. The Hall–Kier alpha value is -1.25. The molecule has 0 amide bonds. The molecule has 1 aromatic heterocycles. The number of ketones is 1. The maximum Gasteiger partial charge on any atom is 0.181 e. The van der Waals surface area contributed by atoms with Gasteiger partial charge in [0.1, 0.15) is 11.5 Å². The lowest BCUT2D eigenvalue weighted by Gasteiger charge is -2.20. The van der Waals surface area contributed by atoms with Crippen LogP contribution in [0.15, 0.2) is 18.3 Å². The Bertz CT molecular complexity index is 355. The third kappa shape index (κ3) is 2.87. The summed E-state index contributed by atoms with van der Waals surface area (Å²) in [5, 5.41) is 0. The van der Waals surface area contributed by atoms with Gasteiger partial charge in [-0.1, -0.05) is 32.1 Å². The van der Waals surface area contributed by atoms with Crippen LogP contribution in [-0.4, -0.2) is 10.8 Å². The van der Waals surface area contributed by atoms with Crippen molar-refractivity contribution in [2.75, 3.05) is 0 Å². The van der Waals surface area contributed by atoms with E-state index >= 15 is 0 Å². The number of halogens is 1. The highest BCUT2D eigenvalue weighted by Gasteiger charge is 2.18. The molecule has 0 N–H and O–H groups in total. The topological polar surface area (TPSA) is 30.0 Å². The van der Waals surface area contributed by atoms with Gasteiger partial charge in [-0.05, 0) is 18.1 Å². The van der Waals surface area contributed by atoms with E-state index in [2.05, 4.69) is 4.98 Å². The molecule has 0 spiro atoms. The molecule has 3 heteroatoms. The SMILES string of the molecule is O=C(CC1CCCCC1)c1ccc(F)cn1. The smallest absolute Gasteiger partial charge is 0.181 e. The van der Waals surface area contributed by atoms with E-state index < -0.39 is 5.82 Å². The van der Waals surface area contributed by atoms with Gasteiger partial charge < -0.3 is 0 Å². The summed E-state index contributed by atoms with van der Waals surface area (Å²) in [6.45, 7) is 0. The van der Waals surface area contributed by atoms with Crippen molar-refractivity contribution < 1.29 is 9.18 Å². The van der Waals surface area contributed by atoms with Crippen molar-refractivity contribution in [1.29, 1.82) is 0 Å². The Labute approximate surface area is 94.9 Å². The Balaban J connectivity index is 1.94. The highest BCUT2D eigenvalue weighted by molar-refractivity contribution is 5.94. The molecule has 0 atom stereocenters. The summed E-state index contributed by atoms with van der Waals surface area (Å²) in [5.74, 6) is 0.161. The molecular weight excluding hydrogens is 205 g/mol. The average molecular weight is 221 g/mol. The second-order valence-electron chi connectivity index (χ2n) is 4.49. The Morgan fingerprint density at radius 2 is 2.06 bits per heavy atom. The first-order valence-corrected chi connectivity index (χ1v) is 5.90. The fourth-order valence-corrected chi connectivity index (χ4v) is 2.30. The van der Waals surface area contributed by atoms with Gasteiger partial charge in [-0.2, -0.15) is 0 Å². The maximum atomic E-state index is 12.6. The predicted octanol–water partition coefficient (Wildman–Crippen LogP) is 3.37. The van der Waals surface area contributed by atoms with Gasteiger partial charge in [-0.25, -0.2) is 4.39 Å². The van der Waals surface area contributed by atoms with Crippen molar-refractivity contribution in [3.8, 4) is 0 Å². The number of hydrogen-bond donors (Lipinski definition) is 0. The van der Waals surface area contributed by atoms with E-state index in [1.165, 1.54) is 31.4 Å². The third-order valence-corrected chi connectivity index (χ3v) is 3.21. The van der Waals surface area contributed by atoms with E-state index in [0.29, 0.717) is 18.0 Å². The van der Waals surface area contributed by atoms with Gasteiger partial charge in [0.15, 0.2) is 5.78 Å². The monoisotopic (exact) mass is 221 g/mol. The third-order valence-electron chi connectivity index (χ3n) is 3.21. The molecule has 0 radical (unpaired) electrons. The van der Waals surface area contributed by atoms with Crippen molar-refractivity contribution in [3.05, 3.63) is 29.8 Å². The van der Waals surface area contributed by atoms with Crippen molar-refractivity contribution in [3.63, 3.8) is 0 Å². The normalized spacial score (nSPS) is 17.3. The van der Waals surface area contributed by atoms with E-state index in [1.807, 2.05) is 0 Å². The van der Waals surface area contributed by atoms with E-state index in [9.17, 15) is 9.18 Å². The molecule has 16 heavy (non-hydrogen) atoms. The zero-order chi connectivity index (χ0) is 11.4. The summed E-state index contributed by atoms with van der Waals surface area (Å²) >= 11 is 0. The van der Waals surface area contributed by atoms with E-state index in [4.69, 9.17) is 0 Å². The number of pyridine rings is 1. The molecule has 1 heterocycles. The van der Waals surface area contributed by atoms with Crippen LogP contribution in [0.25, 0.3) is 0 Å². The summed E-state index contributed by atoms with van der Waals surface area (Å²) in [7, 11) is 0. The van der Waals surface area contributed by atoms with Crippen molar-refractivity contribution >= 4 is 5.78 Å². The molecule has 0 saturated heterocycles. The molecule has 0 aliphatic heterocycles. The zero-order valence-electron chi connectivity index (χ0n) is 9.29. The van der Waals surface area contributed by atoms with Crippen molar-refractivity contribution in [2.45, 2.75) is 38.5 Å². The van der Waals surface area contributed by atoms with Gasteiger partial charge in [0.25, 0.3) is 0 Å². The molecular formula is C13H16FNO. The lowest BCUT2D eigenvalue weighted by Crippen LogP contribution is -2.13. The van der Waals surface area contributed by atoms with E-state index in [0.717, 1.165) is 19.0 Å². The van der Waals surface area contributed by atoms with Crippen LogP contribution in [0.5, 0.6) is 0 Å². The number of rotatable bonds is 3. The van der Waals surface area contributed by atoms with Crippen molar-refractivity contribution in [2.24, 2.45) is 5.92 Å². The molecule has 1 aromatic rings. The van der Waals surface area contributed by atoms with Crippen LogP contribution in [0.4, 0.5) is 4.39 Å². The summed E-state index contributed by atoms with van der Waals surface area (Å²) in [4.78, 5) is 15.7. The molecule has 2 rings (SSSR count). The zero-order valence-corrected chi connectivity index (χ0v) is 9.29. The molecule has 1 fully saturated rings. The molecule has 1 aliphatic carbocycles. The molecule has 86 valence electrons. The fourth-order valence-electron chi connectivity index (χ4n) is 2.30. The van der Waals surface area contributed by atoms with Crippen LogP contribution in [0, 0.1) is 11.7 Å². The highest BCUT2D eigenvalue weighted by Crippen LogP contribution is 2.27. The first kappa shape index (κ1) is 11.2. The van der Waals surface area contributed by atoms with E-state index in [-0.39, 0.29) is 5.78 Å². The lowest BCUT2D eigenvalue weighted by molar-refractivity contribution is 0.0945. The summed E-state index contributed by atoms with van der Waals surface area (Å²) < 4.78 is 12.6. The number of carbonyl (C=O) groups excluding carboxylic acids is 1. The van der Waals surface area contributed by atoms with Crippen LogP contribution in [0.1, 0.15) is 49.0 Å². The van der Waals surface area contributed by atoms with Crippen LogP contribution in [0.3, 0.4) is 0 Å². The number of Topliss-reactive ketones (excluding diaryl/α,β-unsaturated/α-hetero) is 1. The second-order valence-corrected chi connectivity index (χ2v) is 4.49. The van der Waals surface area contributed by atoms with Crippen molar-refractivity contribution in [1.82, 2.24) is 4.98 Å². The second kappa shape index (κ2) is 5.19. The largest absolute Gasteiger partial charge is 0.292 e. The number of aromatic nitrogens is 1. The number of nitrogens with zero attached hydrogens (tertiary/aromatic N) is 1.